The maximum atomic E-state index is 12.9. The number of carbonyl (C=O) groups excluding carboxylic acids is 2. The molecule has 0 aliphatic carbocycles. The summed E-state index contributed by atoms with van der Waals surface area (Å²) in [6.07, 6.45) is 2.11. The average Bonchev–Trinajstić information content (AvgIpc) is 2.80. The first-order chi connectivity index (χ1) is 12.7. The van der Waals surface area contributed by atoms with Gasteiger partial charge in [-0.1, -0.05) is 55.8 Å². The molecule has 0 atom stereocenters. The van der Waals surface area contributed by atoms with E-state index in [4.69, 9.17) is 4.99 Å². The fourth-order valence-corrected chi connectivity index (χ4v) is 2.92. The summed E-state index contributed by atoms with van der Waals surface area (Å²) in [7, 11) is 0. The van der Waals surface area contributed by atoms with Crippen LogP contribution in [0.4, 0.5) is 11.4 Å². The third-order valence-electron chi connectivity index (χ3n) is 4.31. The van der Waals surface area contributed by atoms with Crippen molar-refractivity contribution in [3.63, 3.8) is 0 Å². The second-order valence-electron chi connectivity index (χ2n) is 6.27. The van der Waals surface area contributed by atoms with Gasteiger partial charge in [0.25, 0.3) is 0 Å². The van der Waals surface area contributed by atoms with Gasteiger partial charge in [0.15, 0.2) is 0 Å². The Morgan fingerprint density at radius 1 is 1.12 bits per heavy atom. The molecule has 0 radical (unpaired) electrons. The highest BCUT2D eigenvalue weighted by Crippen LogP contribution is 2.32. The molecule has 134 valence electrons. The summed E-state index contributed by atoms with van der Waals surface area (Å²) in [6.45, 7) is 2.71. The number of rotatable bonds is 6. The van der Waals surface area contributed by atoms with Crippen LogP contribution in [0.5, 0.6) is 0 Å². The molecule has 26 heavy (non-hydrogen) atoms. The van der Waals surface area contributed by atoms with Gasteiger partial charge in [0.2, 0.25) is 11.8 Å². The number of nitrogens with zero attached hydrogens (tertiary/aromatic N) is 2. The molecule has 0 fully saturated rings. The lowest BCUT2D eigenvalue weighted by Crippen LogP contribution is -2.41. The van der Waals surface area contributed by atoms with E-state index in [9.17, 15) is 9.59 Å². The first kappa shape index (κ1) is 17.9. The van der Waals surface area contributed by atoms with Crippen LogP contribution in [0.15, 0.2) is 59.6 Å². The van der Waals surface area contributed by atoms with Gasteiger partial charge >= 0.3 is 0 Å². The van der Waals surface area contributed by atoms with Crippen molar-refractivity contribution >= 4 is 28.9 Å². The zero-order valence-electron chi connectivity index (χ0n) is 14.9. The summed E-state index contributed by atoms with van der Waals surface area (Å²) >= 11 is 0. The summed E-state index contributed by atoms with van der Waals surface area (Å²) in [5.74, 6) is -0.270. The molecule has 0 saturated carbocycles. The molecule has 1 heterocycles. The van der Waals surface area contributed by atoms with Crippen molar-refractivity contribution < 1.29 is 9.59 Å². The minimum absolute atomic E-state index is 0.0111. The summed E-state index contributed by atoms with van der Waals surface area (Å²) < 4.78 is 0. The van der Waals surface area contributed by atoms with E-state index in [1.54, 1.807) is 0 Å². The number of unbranched alkanes of at least 4 members (excludes halogenated alkanes) is 1. The molecule has 3 rings (SSSR count). The van der Waals surface area contributed by atoms with Gasteiger partial charge in [-0.05, 0) is 24.1 Å². The molecular formula is C21H23N3O2. The van der Waals surface area contributed by atoms with Crippen molar-refractivity contribution in [1.29, 1.82) is 0 Å². The summed E-state index contributed by atoms with van der Waals surface area (Å²) in [5, 5.41) is 2.88. The Bertz CT molecular complexity index is 815. The van der Waals surface area contributed by atoms with Gasteiger partial charge in [-0.25, -0.2) is 0 Å². The van der Waals surface area contributed by atoms with Crippen LogP contribution in [-0.4, -0.2) is 30.6 Å². The van der Waals surface area contributed by atoms with Crippen LogP contribution >= 0.6 is 0 Å². The monoisotopic (exact) mass is 349 g/mol. The number of carbonyl (C=O) groups is 2. The van der Waals surface area contributed by atoms with E-state index in [2.05, 4.69) is 12.2 Å². The highest BCUT2D eigenvalue weighted by Gasteiger charge is 2.26. The van der Waals surface area contributed by atoms with Gasteiger partial charge in [-0.15, -0.1) is 0 Å². The lowest BCUT2D eigenvalue weighted by molar-refractivity contribution is -0.123. The third kappa shape index (κ3) is 4.17. The predicted molar refractivity (Wildman–Crippen MR) is 104 cm³/mol. The molecule has 1 N–H and O–H groups in total. The van der Waals surface area contributed by atoms with Crippen LogP contribution in [0, 0.1) is 0 Å². The first-order valence-corrected chi connectivity index (χ1v) is 8.98. The number of fused-ring (bicyclic) bond motifs is 1. The predicted octanol–water partition coefficient (Wildman–Crippen LogP) is 3.46. The smallest absolute Gasteiger partial charge is 0.240 e. The number of aliphatic imine (C=N–C) groups is 1. The Morgan fingerprint density at radius 3 is 2.62 bits per heavy atom. The van der Waals surface area contributed by atoms with E-state index >= 15 is 0 Å². The Hall–Kier alpha value is -2.95. The van der Waals surface area contributed by atoms with Crippen molar-refractivity contribution in [2.75, 3.05) is 18.0 Å². The van der Waals surface area contributed by atoms with Crippen LogP contribution in [0.1, 0.15) is 31.7 Å². The molecule has 1 aliphatic heterocycles. The van der Waals surface area contributed by atoms with Crippen LogP contribution in [-0.2, 0) is 9.59 Å². The molecule has 0 unspecified atom stereocenters. The van der Waals surface area contributed by atoms with Gasteiger partial charge in [0.1, 0.15) is 6.54 Å². The molecule has 0 saturated heterocycles. The molecule has 0 aromatic heterocycles. The quantitative estimate of drug-likeness (QED) is 0.812. The fraction of sp³-hybridized carbons (Fsp3) is 0.286. The topological polar surface area (TPSA) is 61.8 Å². The summed E-state index contributed by atoms with van der Waals surface area (Å²) in [6, 6.07) is 17.1. The van der Waals surface area contributed by atoms with Gasteiger partial charge in [-0.2, -0.15) is 0 Å². The van der Waals surface area contributed by atoms with Gasteiger partial charge in [-0.3, -0.25) is 14.6 Å². The molecule has 5 nitrogen and oxygen atoms in total. The van der Waals surface area contributed by atoms with E-state index < -0.39 is 0 Å². The van der Waals surface area contributed by atoms with Crippen molar-refractivity contribution in [1.82, 2.24) is 5.32 Å². The van der Waals surface area contributed by atoms with Crippen LogP contribution in [0.25, 0.3) is 0 Å². The van der Waals surface area contributed by atoms with Crippen molar-refractivity contribution in [3.05, 3.63) is 60.2 Å². The number of anilines is 1. The molecule has 0 bridgehead atoms. The van der Waals surface area contributed by atoms with Crippen molar-refractivity contribution in [2.24, 2.45) is 4.99 Å². The number of hydrogen-bond donors (Lipinski definition) is 1. The van der Waals surface area contributed by atoms with E-state index in [-0.39, 0.29) is 24.8 Å². The van der Waals surface area contributed by atoms with Crippen LogP contribution < -0.4 is 10.2 Å². The lowest BCUT2D eigenvalue weighted by Gasteiger charge is -2.21. The summed E-state index contributed by atoms with van der Waals surface area (Å²) in [4.78, 5) is 31.4. The van der Waals surface area contributed by atoms with Crippen LogP contribution in [0.2, 0.25) is 0 Å². The fourth-order valence-electron chi connectivity index (χ4n) is 2.92. The minimum Gasteiger partial charge on any atom is -0.355 e. The Kier molecular flexibility index (Phi) is 5.79. The molecular weight excluding hydrogens is 326 g/mol. The Labute approximate surface area is 153 Å². The normalized spacial score (nSPS) is 13.7. The molecule has 5 heteroatoms. The zero-order chi connectivity index (χ0) is 18.4. The maximum absolute atomic E-state index is 12.9. The molecule has 2 aromatic rings. The first-order valence-electron chi connectivity index (χ1n) is 8.98. The van der Waals surface area contributed by atoms with Crippen molar-refractivity contribution in [2.45, 2.75) is 26.2 Å². The number of hydrogen-bond acceptors (Lipinski definition) is 3. The standard InChI is InChI=1S/C21H23N3O2/c1-2-3-13-22-20(25)15-24-19-12-8-7-11-17(19)23-18(14-21(24)26)16-9-5-4-6-10-16/h4-12H,2-3,13-15H2,1H3,(H,22,25). The van der Waals surface area contributed by atoms with Gasteiger partial charge in [0.05, 0.1) is 23.5 Å². The molecule has 0 spiro atoms. The Balaban J connectivity index is 1.87. The lowest BCUT2D eigenvalue weighted by atomic mass is 10.1. The highest BCUT2D eigenvalue weighted by atomic mass is 16.2. The second kappa shape index (κ2) is 8.43. The minimum atomic E-state index is -0.148. The third-order valence-corrected chi connectivity index (χ3v) is 4.31. The Morgan fingerprint density at radius 2 is 1.85 bits per heavy atom. The number of amides is 2. The van der Waals surface area contributed by atoms with Crippen molar-refractivity contribution in [3.8, 4) is 0 Å². The zero-order valence-corrected chi connectivity index (χ0v) is 14.9. The summed E-state index contributed by atoms with van der Waals surface area (Å²) in [5.41, 5.74) is 3.02. The largest absolute Gasteiger partial charge is 0.355 e. The molecule has 2 amide bonds. The van der Waals surface area contributed by atoms with E-state index in [1.807, 2.05) is 54.6 Å². The van der Waals surface area contributed by atoms with Crippen LogP contribution in [0.3, 0.4) is 0 Å². The van der Waals surface area contributed by atoms with E-state index in [0.29, 0.717) is 17.9 Å². The van der Waals surface area contributed by atoms with Gasteiger partial charge in [0, 0.05) is 6.54 Å². The van der Waals surface area contributed by atoms with E-state index in [0.717, 1.165) is 24.1 Å². The number of nitrogens with one attached hydrogen (secondary N) is 1. The highest BCUT2D eigenvalue weighted by molar-refractivity contribution is 6.18. The SMILES string of the molecule is CCCCNC(=O)CN1C(=O)CC(c2ccccc2)=Nc2ccccc21. The average molecular weight is 349 g/mol. The van der Waals surface area contributed by atoms with Gasteiger partial charge < -0.3 is 10.2 Å². The number of para-hydroxylation sites is 2. The van der Waals surface area contributed by atoms with E-state index in [1.165, 1.54) is 4.90 Å². The number of benzene rings is 2. The second-order valence-corrected chi connectivity index (χ2v) is 6.27. The molecule has 1 aliphatic rings. The maximum Gasteiger partial charge on any atom is 0.240 e. The molecule has 2 aromatic carbocycles.